The molecule has 7 heteroatoms. The van der Waals surface area contributed by atoms with E-state index in [9.17, 15) is 18.4 Å². The first-order chi connectivity index (χ1) is 8.40. The first kappa shape index (κ1) is 12.9. The predicted octanol–water partition coefficient (Wildman–Crippen LogP) is 1.57. The lowest BCUT2D eigenvalue weighted by Crippen LogP contribution is -2.29. The molecule has 0 aliphatic carbocycles. The van der Waals surface area contributed by atoms with Gasteiger partial charge in [0, 0.05) is 23.5 Å². The molecule has 1 unspecified atom stereocenters. The predicted molar refractivity (Wildman–Crippen MR) is 63.7 cm³/mol. The lowest BCUT2D eigenvalue weighted by molar-refractivity contribution is -0.123. The number of amides is 2. The SMILES string of the molecule is NC(=O)C1CC(=O)N(c2c(F)cc(F)cc2Br)C1. The molecule has 1 aromatic carbocycles. The lowest BCUT2D eigenvalue weighted by atomic mass is 10.1. The van der Waals surface area contributed by atoms with E-state index >= 15 is 0 Å². The van der Waals surface area contributed by atoms with Gasteiger partial charge in [0.15, 0.2) is 5.82 Å². The zero-order valence-electron chi connectivity index (χ0n) is 9.12. The van der Waals surface area contributed by atoms with Crippen LogP contribution in [-0.4, -0.2) is 18.4 Å². The van der Waals surface area contributed by atoms with Crippen molar-refractivity contribution in [1.82, 2.24) is 0 Å². The third kappa shape index (κ3) is 2.22. The average Bonchev–Trinajstić information content (AvgIpc) is 2.59. The molecular weight excluding hydrogens is 310 g/mol. The van der Waals surface area contributed by atoms with Crippen molar-refractivity contribution in [2.45, 2.75) is 6.42 Å². The monoisotopic (exact) mass is 318 g/mol. The minimum atomic E-state index is -0.861. The minimum absolute atomic E-state index is 0.00925. The van der Waals surface area contributed by atoms with Crippen molar-refractivity contribution in [3.8, 4) is 0 Å². The van der Waals surface area contributed by atoms with E-state index in [1.807, 2.05) is 0 Å². The van der Waals surface area contributed by atoms with Crippen molar-refractivity contribution in [3.63, 3.8) is 0 Å². The Labute approximate surface area is 110 Å². The fraction of sp³-hybridized carbons (Fsp3) is 0.273. The van der Waals surface area contributed by atoms with Gasteiger partial charge < -0.3 is 10.6 Å². The summed E-state index contributed by atoms with van der Waals surface area (Å²) in [6.45, 7) is 0.00925. The van der Waals surface area contributed by atoms with E-state index in [1.165, 1.54) is 0 Å². The number of hydrogen-bond acceptors (Lipinski definition) is 2. The quantitative estimate of drug-likeness (QED) is 0.899. The zero-order valence-corrected chi connectivity index (χ0v) is 10.7. The van der Waals surface area contributed by atoms with Crippen LogP contribution in [0.1, 0.15) is 6.42 Å². The van der Waals surface area contributed by atoms with Gasteiger partial charge in [0.1, 0.15) is 5.82 Å². The van der Waals surface area contributed by atoms with E-state index in [2.05, 4.69) is 15.9 Å². The molecule has 96 valence electrons. The summed E-state index contributed by atoms with van der Waals surface area (Å²) in [5.74, 6) is -3.27. The summed E-state index contributed by atoms with van der Waals surface area (Å²) in [7, 11) is 0. The van der Waals surface area contributed by atoms with Gasteiger partial charge >= 0.3 is 0 Å². The largest absolute Gasteiger partial charge is 0.369 e. The van der Waals surface area contributed by atoms with Gasteiger partial charge in [-0.15, -0.1) is 0 Å². The third-order valence-corrected chi connectivity index (χ3v) is 3.38. The van der Waals surface area contributed by atoms with Gasteiger partial charge in [0.05, 0.1) is 11.6 Å². The van der Waals surface area contributed by atoms with Crippen molar-refractivity contribution in [2.75, 3.05) is 11.4 Å². The van der Waals surface area contributed by atoms with E-state index in [1.54, 1.807) is 0 Å². The van der Waals surface area contributed by atoms with Crippen LogP contribution in [0.15, 0.2) is 16.6 Å². The van der Waals surface area contributed by atoms with Gasteiger partial charge in [-0.1, -0.05) is 0 Å². The fourth-order valence-corrected chi connectivity index (χ4v) is 2.53. The topological polar surface area (TPSA) is 63.4 Å². The summed E-state index contributed by atoms with van der Waals surface area (Å²) in [5, 5.41) is 0. The molecule has 2 rings (SSSR count). The molecule has 0 aromatic heterocycles. The second-order valence-electron chi connectivity index (χ2n) is 4.03. The van der Waals surface area contributed by atoms with E-state index in [4.69, 9.17) is 5.73 Å². The van der Waals surface area contributed by atoms with Crippen LogP contribution in [0.3, 0.4) is 0 Å². The first-order valence-corrected chi connectivity index (χ1v) is 5.93. The Morgan fingerprint density at radius 3 is 2.61 bits per heavy atom. The summed E-state index contributed by atoms with van der Waals surface area (Å²) in [6.07, 6.45) is -0.0570. The molecule has 1 aliphatic rings. The normalized spacial score (nSPS) is 19.4. The number of carbonyl (C=O) groups is 2. The lowest BCUT2D eigenvalue weighted by Gasteiger charge is -2.18. The van der Waals surface area contributed by atoms with Crippen molar-refractivity contribution in [1.29, 1.82) is 0 Å². The molecule has 1 aliphatic heterocycles. The third-order valence-electron chi connectivity index (χ3n) is 2.78. The summed E-state index contributed by atoms with van der Waals surface area (Å²) in [6, 6.07) is 1.74. The fourth-order valence-electron chi connectivity index (χ4n) is 1.91. The summed E-state index contributed by atoms with van der Waals surface area (Å²) < 4.78 is 26.8. The van der Waals surface area contributed by atoms with Crippen molar-refractivity contribution in [2.24, 2.45) is 11.7 Å². The highest BCUT2D eigenvalue weighted by Crippen LogP contribution is 2.34. The van der Waals surface area contributed by atoms with Crippen molar-refractivity contribution in [3.05, 3.63) is 28.2 Å². The minimum Gasteiger partial charge on any atom is -0.369 e. The van der Waals surface area contributed by atoms with Crippen LogP contribution in [0.5, 0.6) is 0 Å². The van der Waals surface area contributed by atoms with Gasteiger partial charge in [-0.25, -0.2) is 8.78 Å². The van der Waals surface area contributed by atoms with E-state index in [-0.39, 0.29) is 23.1 Å². The van der Waals surface area contributed by atoms with E-state index in [0.717, 1.165) is 11.0 Å². The number of nitrogens with two attached hydrogens (primary N) is 1. The van der Waals surface area contributed by atoms with Crippen LogP contribution in [0.2, 0.25) is 0 Å². The number of primary amides is 1. The van der Waals surface area contributed by atoms with Crippen LogP contribution < -0.4 is 10.6 Å². The highest BCUT2D eigenvalue weighted by Gasteiger charge is 2.36. The van der Waals surface area contributed by atoms with E-state index < -0.39 is 29.4 Å². The van der Waals surface area contributed by atoms with Gasteiger partial charge in [-0.05, 0) is 22.0 Å². The molecule has 1 aromatic rings. The molecular formula is C11H9BrF2N2O2. The van der Waals surface area contributed by atoms with Crippen LogP contribution in [-0.2, 0) is 9.59 Å². The van der Waals surface area contributed by atoms with Crippen LogP contribution in [0.25, 0.3) is 0 Å². The molecule has 4 nitrogen and oxygen atoms in total. The summed E-state index contributed by atoms with van der Waals surface area (Å²) >= 11 is 3.00. The highest BCUT2D eigenvalue weighted by atomic mass is 79.9. The molecule has 1 atom stereocenters. The Hall–Kier alpha value is -1.50. The molecule has 1 heterocycles. The van der Waals surface area contributed by atoms with Gasteiger partial charge in [-0.2, -0.15) is 0 Å². The van der Waals surface area contributed by atoms with Crippen LogP contribution in [0.4, 0.5) is 14.5 Å². The Kier molecular flexibility index (Phi) is 3.34. The van der Waals surface area contributed by atoms with E-state index in [0.29, 0.717) is 6.07 Å². The molecule has 0 saturated carbocycles. The average molecular weight is 319 g/mol. The number of halogens is 3. The smallest absolute Gasteiger partial charge is 0.227 e. The first-order valence-electron chi connectivity index (χ1n) is 5.14. The maximum atomic E-state index is 13.7. The van der Waals surface area contributed by atoms with Gasteiger partial charge in [0.25, 0.3) is 0 Å². The second kappa shape index (κ2) is 4.64. The molecule has 0 bridgehead atoms. The Bertz CT molecular complexity index is 513. The Morgan fingerprint density at radius 2 is 2.11 bits per heavy atom. The van der Waals surface area contributed by atoms with Gasteiger partial charge in [-0.3, -0.25) is 9.59 Å². The number of rotatable bonds is 2. The maximum absolute atomic E-state index is 13.7. The Balaban J connectivity index is 2.39. The molecule has 2 N–H and O–H groups in total. The van der Waals surface area contributed by atoms with Crippen LogP contribution >= 0.6 is 15.9 Å². The number of nitrogens with zero attached hydrogens (tertiary/aromatic N) is 1. The summed E-state index contributed by atoms with van der Waals surface area (Å²) in [5.41, 5.74) is 5.05. The number of anilines is 1. The number of hydrogen-bond donors (Lipinski definition) is 1. The molecule has 18 heavy (non-hydrogen) atoms. The molecule has 0 spiro atoms. The molecule has 2 amide bonds. The standard InChI is InChI=1S/C11H9BrF2N2O2/c12-7-2-6(13)3-8(14)10(7)16-4-5(11(15)18)1-9(16)17/h2-3,5H,1,4H2,(H2,15,18). The van der Waals surface area contributed by atoms with Crippen molar-refractivity contribution < 1.29 is 18.4 Å². The number of carbonyl (C=O) groups excluding carboxylic acids is 2. The van der Waals surface area contributed by atoms with Crippen LogP contribution in [0, 0.1) is 17.6 Å². The highest BCUT2D eigenvalue weighted by molar-refractivity contribution is 9.10. The van der Waals surface area contributed by atoms with Crippen molar-refractivity contribution >= 4 is 33.4 Å². The summed E-state index contributed by atoms with van der Waals surface area (Å²) in [4.78, 5) is 23.8. The Morgan fingerprint density at radius 1 is 1.44 bits per heavy atom. The molecule has 1 fully saturated rings. The maximum Gasteiger partial charge on any atom is 0.227 e. The molecule has 1 saturated heterocycles. The zero-order chi connectivity index (χ0) is 13.4. The van der Waals surface area contributed by atoms with Gasteiger partial charge in [0.2, 0.25) is 11.8 Å². The number of benzene rings is 1. The second-order valence-corrected chi connectivity index (χ2v) is 4.88. The molecule has 0 radical (unpaired) electrons.